The van der Waals surface area contributed by atoms with E-state index in [0.29, 0.717) is 31.4 Å². The van der Waals surface area contributed by atoms with E-state index in [9.17, 15) is 18.4 Å². The van der Waals surface area contributed by atoms with Crippen LogP contribution >= 0.6 is 0 Å². The molecule has 1 aliphatic carbocycles. The lowest BCUT2D eigenvalue weighted by atomic mass is 10.1. The second-order valence-corrected chi connectivity index (χ2v) is 8.54. The van der Waals surface area contributed by atoms with Crippen molar-refractivity contribution < 1.29 is 27.8 Å². The van der Waals surface area contributed by atoms with Gasteiger partial charge in [-0.15, -0.1) is 0 Å². The highest BCUT2D eigenvalue weighted by molar-refractivity contribution is 5.96. The van der Waals surface area contributed by atoms with Gasteiger partial charge in [-0.05, 0) is 67.6 Å². The minimum absolute atomic E-state index is 0.00346. The predicted octanol–water partition coefficient (Wildman–Crippen LogP) is 4.20. The van der Waals surface area contributed by atoms with E-state index >= 15 is 0 Å². The Morgan fingerprint density at radius 3 is 2.65 bits per heavy atom. The number of carbonyl (C=O) groups excluding carboxylic acids is 2. The Morgan fingerprint density at radius 1 is 1.18 bits per heavy atom. The average molecular weight is 474 g/mol. The molecule has 0 spiro atoms. The largest absolute Gasteiger partial charge is 0.490 e. The summed E-state index contributed by atoms with van der Waals surface area (Å²) < 4.78 is 35.4. The van der Waals surface area contributed by atoms with E-state index in [-0.39, 0.29) is 29.9 Å². The molecule has 1 heterocycles. The SMILES string of the molecule is CCOc1cc(CN(CC(=O)Nc2ccc3c(c2)CCN3C(C)=O)C2CC2)ccc1OC(F)F. The zero-order valence-corrected chi connectivity index (χ0v) is 19.4. The molecule has 2 amide bonds. The van der Waals surface area contributed by atoms with Gasteiger partial charge in [0.15, 0.2) is 11.5 Å². The van der Waals surface area contributed by atoms with Gasteiger partial charge >= 0.3 is 6.61 Å². The average Bonchev–Trinajstić information content (AvgIpc) is 3.54. The molecule has 1 aliphatic heterocycles. The van der Waals surface area contributed by atoms with Gasteiger partial charge in [-0.2, -0.15) is 8.78 Å². The van der Waals surface area contributed by atoms with Crippen LogP contribution < -0.4 is 19.7 Å². The van der Waals surface area contributed by atoms with E-state index in [2.05, 4.69) is 15.0 Å². The molecule has 0 saturated heterocycles. The Kier molecular flexibility index (Phi) is 7.31. The molecule has 0 bridgehead atoms. The molecule has 0 aromatic heterocycles. The van der Waals surface area contributed by atoms with Crippen molar-refractivity contribution in [1.29, 1.82) is 0 Å². The molecule has 1 N–H and O–H groups in total. The molecule has 0 unspecified atom stereocenters. The van der Waals surface area contributed by atoms with E-state index < -0.39 is 6.61 Å². The van der Waals surface area contributed by atoms with Gasteiger partial charge in [-0.1, -0.05) is 6.07 Å². The molecule has 182 valence electrons. The Balaban J connectivity index is 1.41. The van der Waals surface area contributed by atoms with Crippen LogP contribution in [0.15, 0.2) is 36.4 Å². The topological polar surface area (TPSA) is 71.1 Å². The van der Waals surface area contributed by atoms with Gasteiger partial charge in [0.1, 0.15) is 0 Å². The highest BCUT2D eigenvalue weighted by Gasteiger charge is 2.31. The zero-order chi connectivity index (χ0) is 24.2. The molecule has 7 nitrogen and oxygen atoms in total. The Hall–Kier alpha value is -3.20. The number of benzene rings is 2. The fourth-order valence-electron chi connectivity index (χ4n) is 4.29. The molecular weight excluding hydrogens is 444 g/mol. The van der Waals surface area contributed by atoms with Crippen LogP contribution in [0.25, 0.3) is 0 Å². The van der Waals surface area contributed by atoms with Gasteiger partial charge in [0, 0.05) is 37.4 Å². The number of halogens is 2. The van der Waals surface area contributed by atoms with E-state index in [1.54, 1.807) is 30.9 Å². The summed E-state index contributed by atoms with van der Waals surface area (Å²) in [6.45, 7) is 2.07. The van der Waals surface area contributed by atoms with Crippen LogP contribution in [0.2, 0.25) is 0 Å². The highest BCUT2D eigenvalue weighted by atomic mass is 19.3. The highest BCUT2D eigenvalue weighted by Crippen LogP contribution is 2.33. The normalized spacial score (nSPS) is 14.9. The number of carbonyl (C=O) groups is 2. The molecule has 1 fully saturated rings. The number of ether oxygens (including phenoxy) is 2. The van der Waals surface area contributed by atoms with Crippen LogP contribution in [0.4, 0.5) is 20.2 Å². The summed E-state index contributed by atoms with van der Waals surface area (Å²) in [5.74, 6) is 0.141. The second-order valence-electron chi connectivity index (χ2n) is 8.54. The van der Waals surface area contributed by atoms with Crippen molar-refractivity contribution >= 4 is 23.2 Å². The molecule has 34 heavy (non-hydrogen) atoms. The van der Waals surface area contributed by atoms with Crippen LogP contribution in [0, 0.1) is 0 Å². The monoisotopic (exact) mass is 473 g/mol. The number of alkyl halides is 2. The number of rotatable bonds is 10. The summed E-state index contributed by atoms with van der Waals surface area (Å²) in [5, 5.41) is 2.96. The Morgan fingerprint density at radius 2 is 1.97 bits per heavy atom. The van der Waals surface area contributed by atoms with Crippen LogP contribution in [0.3, 0.4) is 0 Å². The summed E-state index contributed by atoms with van der Waals surface area (Å²) in [7, 11) is 0. The van der Waals surface area contributed by atoms with E-state index in [1.807, 2.05) is 18.2 Å². The molecular formula is C25H29F2N3O4. The lowest BCUT2D eigenvalue weighted by Crippen LogP contribution is -2.34. The first-order chi connectivity index (χ1) is 16.3. The second kappa shape index (κ2) is 10.4. The third kappa shape index (κ3) is 5.83. The van der Waals surface area contributed by atoms with Crippen molar-refractivity contribution in [2.45, 2.75) is 52.3 Å². The smallest absolute Gasteiger partial charge is 0.387 e. The Bertz CT molecular complexity index is 1060. The third-order valence-electron chi connectivity index (χ3n) is 5.96. The summed E-state index contributed by atoms with van der Waals surface area (Å²) in [6, 6.07) is 10.8. The molecule has 0 atom stereocenters. The quantitative estimate of drug-likeness (QED) is 0.560. The van der Waals surface area contributed by atoms with Crippen LogP contribution in [-0.2, 0) is 22.6 Å². The van der Waals surface area contributed by atoms with Crippen molar-refractivity contribution in [2.75, 3.05) is 29.9 Å². The first-order valence-electron chi connectivity index (χ1n) is 11.5. The minimum Gasteiger partial charge on any atom is -0.490 e. The van der Waals surface area contributed by atoms with Crippen molar-refractivity contribution in [3.05, 3.63) is 47.5 Å². The van der Waals surface area contributed by atoms with Gasteiger partial charge < -0.3 is 19.7 Å². The molecule has 2 aromatic carbocycles. The molecule has 9 heteroatoms. The first kappa shape index (κ1) is 23.9. The van der Waals surface area contributed by atoms with E-state index in [1.165, 1.54) is 6.07 Å². The number of hydrogen-bond acceptors (Lipinski definition) is 5. The van der Waals surface area contributed by atoms with Crippen LogP contribution in [0.1, 0.15) is 37.8 Å². The van der Waals surface area contributed by atoms with Gasteiger partial charge in [-0.3, -0.25) is 14.5 Å². The number of hydrogen-bond donors (Lipinski definition) is 1. The predicted molar refractivity (Wildman–Crippen MR) is 124 cm³/mol. The molecule has 2 aromatic rings. The maximum Gasteiger partial charge on any atom is 0.387 e. The van der Waals surface area contributed by atoms with Gasteiger partial charge in [0.05, 0.1) is 13.2 Å². The van der Waals surface area contributed by atoms with Crippen LogP contribution in [-0.4, -0.2) is 49.1 Å². The van der Waals surface area contributed by atoms with Crippen LogP contribution in [0.5, 0.6) is 11.5 Å². The van der Waals surface area contributed by atoms with Crippen molar-refractivity contribution in [3.8, 4) is 11.5 Å². The maximum atomic E-state index is 12.8. The first-order valence-corrected chi connectivity index (χ1v) is 11.5. The number of fused-ring (bicyclic) bond motifs is 1. The standard InChI is InChI=1S/C25H29F2N3O4/c1-3-33-23-12-17(4-9-22(23)34-25(26)27)14-29(20-6-7-20)15-24(32)28-19-5-8-21-18(13-19)10-11-30(21)16(2)31/h4-5,8-9,12-13,20,25H,3,6-7,10-11,14-15H2,1-2H3,(H,28,32). The zero-order valence-electron chi connectivity index (χ0n) is 19.4. The van der Waals surface area contributed by atoms with Crippen molar-refractivity contribution in [3.63, 3.8) is 0 Å². The number of anilines is 2. The summed E-state index contributed by atoms with van der Waals surface area (Å²) in [5.41, 5.74) is 3.50. The van der Waals surface area contributed by atoms with E-state index in [0.717, 1.165) is 36.1 Å². The number of nitrogens with zero attached hydrogens (tertiary/aromatic N) is 2. The lowest BCUT2D eigenvalue weighted by Gasteiger charge is -2.22. The van der Waals surface area contributed by atoms with Gasteiger partial charge in [0.2, 0.25) is 11.8 Å². The van der Waals surface area contributed by atoms with Gasteiger partial charge in [0.25, 0.3) is 0 Å². The summed E-state index contributed by atoms with van der Waals surface area (Å²) >= 11 is 0. The Labute approximate surface area is 197 Å². The number of amides is 2. The molecule has 0 radical (unpaired) electrons. The lowest BCUT2D eigenvalue weighted by molar-refractivity contribution is -0.118. The molecule has 1 saturated carbocycles. The minimum atomic E-state index is -2.93. The van der Waals surface area contributed by atoms with Crippen molar-refractivity contribution in [1.82, 2.24) is 4.90 Å². The summed E-state index contributed by atoms with van der Waals surface area (Å²) in [6.07, 6.45) is 2.79. The fourth-order valence-corrected chi connectivity index (χ4v) is 4.29. The fraction of sp³-hybridized carbons (Fsp3) is 0.440. The summed E-state index contributed by atoms with van der Waals surface area (Å²) in [4.78, 5) is 28.4. The maximum absolute atomic E-state index is 12.8. The van der Waals surface area contributed by atoms with Crippen molar-refractivity contribution in [2.24, 2.45) is 0 Å². The van der Waals surface area contributed by atoms with E-state index in [4.69, 9.17) is 4.74 Å². The van der Waals surface area contributed by atoms with Gasteiger partial charge in [-0.25, -0.2) is 0 Å². The third-order valence-corrected chi connectivity index (χ3v) is 5.96. The number of nitrogens with one attached hydrogen (secondary N) is 1. The molecule has 2 aliphatic rings. The molecule has 4 rings (SSSR count).